The zero-order valence-electron chi connectivity index (χ0n) is 7.25. The largest absolute Gasteiger partial charge is 0.369 e. The van der Waals surface area contributed by atoms with Crippen LogP contribution in [0.1, 0.15) is 5.82 Å². The number of nitrogen functional groups attached to an aromatic ring is 1. The summed E-state index contributed by atoms with van der Waals surface area (Å²) in [5.41, 5.74) is 5.60. The van der Waals surface area contributed by atoms with Gasteiger partial charge in [0.05, 0.1) is 6.54 Å². The lowest BCUT2D eigenvalue weighted by Crippen LogP contribution is -2.08. The molecule has 6 heteroatoms. The number of rotatable bonds is 2. The van der Waals surface area contributed by atoms with Gasteiger partial charge < -0.3 is 10.3 Å². The second-order valence-electron chi connectivity index (χ2n) is 2.71. The van der Waals surface area contributed by atoms with Crippen LogP contribution in [0.4, 0.5) is 5.95 Å². The first kappa shape index (κ1) is 7.78. The van der Waals surface area contributed by atoms with Crippen molar-refractivity contribution in [2.75, 3.05) is 5.73 Å². The van der Waals surface area contributed by atoms with E-state index < -0.39 is 0 Å². The molecule has 0 atom stereocenters. The molecule has 0 aliphatic carbocycles. The van der Waals surface area contributed by atoms with Gasteiger partial charge in [-0.3, -0.25) is 4.68 Å². The second kappa shape index (κ2) is 2.89. The first-order valence-corrected chi connectivity index (χ1v) is 3.87. The van der Waals surface area contributed by atoms with Crippen LogP contribution in [-0.4, -0.2) is 24.3 Å². The van der Waals surface area contributed by atoms with Gasteiger partial charge in [0.1, 0.15) is 12.2 Å². The summed E-state index contributed by atoms with van der Waals surface area (Å²) in [4.78, 5) is 7.99. The molecule has 0 aromatic carbocycles. The zero-order valence-corrected chi connectivity index (χ0v) is 7.25. The molecular weight excluding hydrogens is 168 g/mol. The van der Waals surface area contributed by atoms with Crippen LogP contribution in [-0.2, 0) is 13.6 Å². The number of imidazole rings is 1. The zero-order chi connectivity index (χ0) is 9.26. The Morgan fingerprint density at radius 2 is 2.31 bits per heavy atom. The standard InChI is InChI=1S/C7H10N6/c1-12-6(10-5-11-12)4-13-3-2-9-7(13)8/h2-3,5H,4H2,1H3,(H2,8,9). The Balaban J connectivity index is 2.24. The molecule has 0 bridgehead atoms. The Kier molecular flexibility index (Phi) is 1.73. The third-order valence-electron chi connectivity index (χ3n) is 1.86. The first-order chi connectivity index (χ1) is 6.27. The summed E-state index contributed by atoms with van der Waals surface area (Å²) in [7, 11) is 1.84. The predicted octanol–water partition coefficient (Wildman–Crippen LogP) is -0.358. The molecule has 2 N–H and O–H groups in total. The van der Waals surface area contributed by atoms with E-state index in [4.69, 9.17) is 5.73 Å². The fraction of sp³-hybridized carbons (Fsp3) is 0.286. The summed E-state index contributed by atoms with van der Waals surface area (Å²) in [6, 6.07) is 0. The van der Waals surface area contributed by atoms with Crippen LogP contribution in [0.3, 0.4) is 0 Å². The van der Waals surface area contributed by atoms with Gasteiger partial charge in [0.15, 0.2) is 0 Å². The highest BCUT2D eigenvalue weighted by Crippen LogP contribution is 2.02. The molecule has 0 saturated carbocycles. The van der Waals surface area contributed by atoms with Gasteiger partial charge in [-0.05, 0) is 0 Å². The average Bonchev–Trinajstić information content (AvgIpc) is 2.65. The van der Waals surface area contributed by atoms with Gasteiger partial charge in [-0.2, -0.15) is 5.10 Å². The van der Waals surface area contributed by atoms with Crippen molar-refractivity contribution in [1.29, 1.82) is 0 Å². The molecule has 68 valence electrons. The lowest BCUT2D eigenvalue weighted by Gasteiger charge is -2.02. The Hall–Kier alpha value is -1.85. The minimum atomic E-state index is 0.489. The molecule has 0 radical (unpaired) electrons. The highest BCUT2D eigenvalue weighted by Gasteiger charge is 2.03. The number of anilines is 1. The van der Waals surface area contributed by atoms with Crippen molar-refractivity contribution in [1.82, 2.24) is 24.3 Å². The first-order valence-electron chi connectivity index (χ1n) is 3.87. The van der Waals surface area contributed by atoms with E-state index in [1.54, 1.807) is 10.9 Å². The van der Waals surface area contributed by atoms with Crippen molar-refractivity contribution in [3.63, 3.8) is 0 Å². The lowest BCUT2D eigenvalue weighted by atomic mass is 10.6. The lowest BCUT2D eigenvalue weighted by molar-refractivity contribution is 0.658. The van der Waals surface area contributed by atoms with Gasteiger partial charge in [0.2, 0.25) is 5.95 Å². The smallest absolute Gasteiger partial charge is 0.200 e. The summed E-state index contributed by atoms with van der Waals surface area (Å²) >= 11 is 0. The van der Waals surface area contributed by atoms with Gasteiger partial charge in [0.25, 0.3) is 0 Å². The van der Waals surface area contributed by atoms with Gasteiger partial charge in [-0.15, -0.1) is 0 Å². The fourth-order valence-electron chi connectivity index (χ4n) is 1.09. The van der Waals surface area contributed by atoms with E-state index in [2.05, 4.69) is 15.1 Å². The molecule has 6 nitrogen and oxygen atoms in total. The number of hydrogen-bond donors (Lipinski definition) is 1. The maximum atomic E-state index is 5.60. The fourth-order valence-corrected chi connectivity index (χ4v) is 1.09. The summed E-state index contributed by atoms with van der Waals surface area (Å²) in [6.45, 7) is 0.600. The molecule has 0 aliphatic heterocycles. The molecule has 13 heavy (non-hydrogen) atoms. The monoisotopic (exact) mass is 178 g/mol. The third-order valence-corrected chi connectivity index (χ3v) is 1.86. The minimum Gasteiger partial charge on any atom is -0.369 e. The molecular formula is C7H10N6. The molecule has 0 amide bonds. The molecule has 0 aliphatic rings. The number of nitrogens with two attached hydrogens (primary N) is 1. The van der Waals surface area contributed by atoms with Crippen molar-refractivity contribution in [2.24, 2.45) is 7.05 Å². The number of aryl methyl sites for hydroxylation is 1. The summed E-state index contributed by atoms with van der Waals surface area (Å²) in [5.74, 6) is 1.34. The van der Waals surface area contributed by atoms with Gasteiger partial charge >= 0.3 is 0 Å². The second-order valence-corrected chi connectivity index (χ2v) is 2.71. The number of aromatic nitrogens is 5. The van der Waals surface area contributed by atoms with Crippen molar-refractivity contribution in [3.05, 3.63) is 24.5 Å². The topological polar surface area (TPSA) is 74.5 Å². The quantitative estimate of drug-likeness (QED) is 0.681. The SMILES string of the molecule is Cn1ncnc1Cn1ccnc1N. The van der Waals surface area contributed by atoms with E-state index in [1.807, 2.05) is 17.8 Å². The van der Waals surface area contributed by atoms with Crippen molar-refractivity contribution >= 4 is 5.95 Å². The molecule has 0 fully saturated rings. The van der Waals surface area contributed by atoms with Gasteiger partial charge in [0, 0.05) is 19.4 Å². The third kappa shape index (κ3) is 1.37. The molecule has 0 unspecified atom stereocenters. The predicted molar refractivity (Wildman–Crippen MR) is 46.7 cm³/mol. The minimum absolute atomic E-state index is 0.489. The summed E-state index contributed by atoms with van der Waals surface area (Å²) < 4.78 is 3.52. The molecule has 2 aromatic rings. The van der Waals surface area contributed by atoms with E-state index in [-0.39, 0.29) is 0 Å². The van der Waals surface area contributed by atoms with E-state index >= 15 is 0 Å². The normalized spacial score (nSPS) is 10.5. The van der Waals surface area contributed by atoms with E-state index in [0.717, 1.165) is 5.82 Å². The van der Waals surface area contributed by atoms with Crippen molar-refractivity contribution < 1.29 is 0 Å². The van der Waals surface area contributed by atoms with E-state index in [9.17, 15) is 0 Å². The molecule has 2 heterocycles. The summed E-state index contributed by atoms with van der Waals surface area (Å²) in [6.07, 6.45) is 4.98. The maximum absolute atomic E-state index is 5.60. The van der Waals surface area contributed by atoms with Crippen LogP contribution >= 0.6 is 0 Å². The highest BCUT2D eigenvalue weighted by atomic mass is 15.3. The Bertz CT molecular complexity index is 362. The van der Waals surface area contributed by atoms with Crippen LogP contribution in [0.15, 0.2) is 18.7 Å². The van der Waals surface area contributed by atoms with Gasteiger partial charge in [-0.1, -0.05) is 0 Å². The molecule has 2 rings (SSSR count). The highest BCUT2D eigenvalue weighted by molar-refractivity contribution is 5.17. The average molecular weight is 178 g/mol. The molecule has 0 spiro atoms. The Morgan fingerprint density at radius 3 is 2.85 bits per heavy atom. The van der Waals surface area contributed by atoms with Crippen LogP contribution in [0.5, 0.6) is 0 Å². The van der Waals surface area contributed by atoms with Crippen molar-refractivity contribution in [3.8, 4) is 0 Å². The molecule has 0 saturated heterocycles. The van der Waals surface area contributed by atoms with Gasteiger partial charge in [-0.25, -0.2) is 9.97 Å². The van der Waals surface area contributed by atoms with Crippen LogP contribution in [0.25, 0.3) is 0 Å². The van der Waals surface area contributed by atoms with Crippen molar-refractivity contribution in [2.45, 2.75) is 6.54 Å². The number of nitrogens with zero attached hydrogens (tertiary/aromatic N) is 5. The Morgan fingerprint density at radius 1 is 1.46 bits per heavy atom. The van der Waals surface area contributed by atoms with E-state index in [1.165, 1.54) is 6.33 Å². The van der Waals surface area contributed by atoms with Crippen LogP contribution < -0.4 is 5.73 Å². The Labute approximate surface area is 75.0 Å². The maximum Gasteiger partial charge on any atom is 0.200 e. The van der Waals surface area contributed by atoms with Crippen LogP contribution in [0, 0.1) is 0 Å². The summed E-state index contributed by atoms with van der Waals surface area (Å²) in [5, 5.41) is 3.96. The molecule has 2 aromatic heterocycles. The van der Waals surface area contributed by atoms with E-state index in [0.29, 0.717) is 12.5 Å². The van der Waals surface area contributed by atoms with Crippen LogP contribution in [0.2, 0.25) is 0 Å². The number of hydrogen-bond acceptors (Lipinski definition) is 4.